The summed E-state index contributed by atoms with van der Waals surface area (Å²) in [4.78, 5) is 26.9. The van der Waals surface area contributed by atoms with Crippen molar-refractivity contribution in [1.29, 1.82) is 0 Å². The molecule has 3 atom stereocenters. The molecule has 0 amide bonds. The minimum Gasteiger partial charge on any atom is -0.396 e. The van der Waals surface area contributed by atoms with Gasteiger partial charge in [-0.25, -0.2) is 9.97 Å². The summed E-state index contributed by atoms with van der Waals surface area (Å²) in [5.74, 6) is 0.857. The van der Waals surface area contributed by atoms with Crippen molar-refractivity contribution in [2.45, 2.75) is 32.5 Å². The molecule has 2 fully saturated rings. The van der Waals surface area contributed by atoms with Crippen LogP contribution in [0, 0.1) is 5.92 Å². The van der Waals surface area contributed by atoms with Gasteiger partial charge in [0.25, 0.3) is 5.56 Å². The van der Waals surface area contributed by atoms with Crippen LogP contribution in [0.4, 0.5) is 11.5 Å². The summed E-state index contributed by atoms with van der Waals surface area (Å²) in [7, 11) is 1.71. The van der Waals surface area contributed by atoms with Gasteiger partial charge in [-0.3, -0.25) is 4.79 Å². The minimum atomic E-state index is -0.104. The summed E-state index contributed by atoms with van der Waals surface area (Å²) in [6.07, 6.45) is 2.85. The van der Waals surface area contributed by atoms with E-state index in [0.717, 1.165) is 37.3 Å². The number of aromatic nitrogens is 3. The molecule has 8 heteroatoms. The SMILES string of the molecule is CC1CN(c2ccc(-c3cc4ncn(C)c(=O)c4c(N4CCC(CO)C4)n3)cc2)CC(C)O1. The first kappa shape index (κ1) is 21.9. The fraction of sp³-hybridized carbons (Fsp3) is 0.480. The lowest BCUT2D eigenvalue weighted by Crippen LogP contribution is -2.45. The summed E-state index contributed by atoms with van der Waals surface area (Å²) in [5, 5.41) is 10.1. The minimum absolute atomic E-state index is 0.104. The molecule has 0 saturated carbocycles. The van der Waals surface area contributed by atoms with Crippen LogP contribution in [0.3, 0.4) is 0 Å². The highest BCUT2D eigenvalue weighted by Gasteiger charge is 2.27. The van der Waals surface area contributed by atoms with Gasteiger partial charge in [-0.15, -0.1) is 0 Å². The van der Waals surface area contributed by atoms with Crippen LogP contribution < -0.4 is 15.4 Å². The Labute approximate surface area is 193 Å². The Kier molecular flexibility index (Phi) is 5.80. The Hall–Kier alpha value is -2.97. The number of anilines is 2. The van der Waals surface area contributed by atoms with Crippen molar-refractivity contribution in [2.75, 3.05) is 42.6 Å². The molecule has 4 heterocycles. The number of hydrogen-bond acceptors (Lipinski definition) is 7. The molecule has 174 valence electrons. The van der Waals surface area contributed by atoms with E-state index in [4.69, 9.17) is 9.72 Å². The molecule has 2 saturated heterocycles. The van der Waals surface area contributed by atoms with Crippen LogP contribution >= 0.6 is 0 Å². The van der Waals surface area contributed by atoms with Gasteiger partial charge in [-0.1, -0.05) is 12.1 Å². The lowest BCUT2D eigenvalue weighted by atomic mass is 10.1. The summed E-state index contributed by atoms with van der Waals surface area (Å²) in [6, 6.07) is 10.3. The van der Waals surface area contributed by atoms with E-state index in [9.17, 15) is 9.90 Å². The predicted molar refractivity (Wildman–Crippen MR) is 130 cm³/mol. The zero-order valence-electron chi connectivity index (χ0n) is 19.4. The van der Waals surface area contributed by atoms with Crippen LogP contribution in [0.15, 0.2) is 41.5 Å². The third kappa shape index (κ3) is 4.20. The van der Waals surface area contributed by atoms with Crippen molar-refractivity contribution in [3.63, 3.8) is 0 Å². The topological polar surface area (TPSA) is 83.7 Å². The molecule has 1 N–H and O–H groups in total. The van der Waals surface area contributed by atoms with Crippen LogP contribution in [0.25, 0.3) is 22.2 Å². The molecule has 1 aromatic carbocycles. The van der Waals surface area contributed by atoms with Gasteiger partial charge in [0.1, 0.15) is 11.2 Å². The molecule has 33 heavy (non-hydrogen) atoms. The maximum absolute atomic E-state index is 13.0. The Morgan fingerprint density at radius 3 is 2.48 bits per heavy atom. The normalized spacial score (nSPS) is 23.5. The second-order valence-electron chi connectivity index (χ2n) is 9.38. The molecule has 0 aliphatic carbocycles. The van der Waals surface area contributed by atoms with Gasteiger partial charge in [0, 0.05) is 57.0 Å². The van der Waals surface area contributed by atoms with Crippen molar-refractivity contribution in [3.8, 4) is 11.3 Å². The second-order valence-corrected chi connectivity index (χ2v) is 9.38. The van der Waals surface area contributed by atoms with E-state index < -0.39 is 0 Å². The number of morpholine rings is 1. The molecule has 8 nitrogen and oxygen atoms in total. The Morgan fingerprint density at radius 1 is 1.09 bits per heavy atom. The molecule has 0 radical (unpaired) electrons. The number of ether oxygens (including phenoxy) is 1. The van der Waals surface area contributed by atoms with Crippen molar-refractivity contribution in [2.24, 2.45) is 13.0 Å². The summed E-state index contributed by atoms with van der Waals surface area (Å²) >= 11 is 0. The van der Waals surface area contributed by atoms with Gasteiger partial charge in [-0.2, -0.15) is 0 Å². The van der Waals surface area contributed by atoms with Crippen LogP contribution in [0.2, 0.25) is 0 Å². The van der Waals surface area contributed by atoms with Crippen LogP contribution in [0.1, 0.15) is 20.3 Å². The van der Waals surface area contributed by atoms with Gasteiger partial charge in [-0.05, 0) is 38.5 Å². The number of benzene rings is 1. The highest BCUT2D eigenvalue weighted by molar-refractivity contribution is 5.92. The average Bonchev–Trinajstić information content (AvgIpc) is 3.30. The lowest BCUT2D eigenvalue weighted by Gasteiger charge is -2.36. The van der Waals surface area contributed by atoms with E-state index in [1.165, 1.54) is 10.3 Å². The van der Waals surface area contributed by atoms with E-state index in [1.807, 2.05) is 6.07 Å². The Balaban J connectivity index is 1.53. The number of hydrogen-bond donors (Lipinski definition) is 1. The first-order valence-electron chi connectivity index (χ1n) is 11.7. The van der Waals surface area contributed by atoms with E-state index in [-0.39, 0.29) is 30.3 Å². The molecule has 0 bridgehead atoms. The third-order valence-electron chi connectivity index (χ3n) is 6.68. The van der Waals surface area contributed by atoms with Crippen LogP contribution in [-0.2, 0) is 11.8 Å². The Bertz CT molecular complexity index is 1200. The monoisotopic (exact) mass is 449 g/mol. The Morgan fingerprint density at radius 2 is 1.82 bits per heavy atom. The number of fused-ring (bicyclic) bond motifs is 1. The summed E-state index contributed by atoms with van der Waals surface area (Å²) in [6.45, 7) is 7.55. The van der Waals surface area contributed by atoms with Gasteiger partial charge in [0.05, 0.1) is 29.7 Å². The van der Waals surface area contributed by atoms with E-state index in [0.29, 0.717) is 23.3 Å². The van der Waals surface area contributed by atoms with E-state index in [1.54, 1.807) is 13.4 Å². The van der Waals surface area contributed by atoms with Crippen molar-refractivity contribution in [1.82, 2.24) is 14.5 Å². The maximum atomic E-state index is 13.0. The zero-order chi connectivity index (χ0) is 23.1. The molecule has 2 aliphatic rings. The van der Waals surface area contributed by atoms with Gasteiger partial charge in [0.2, 0.25) is 0 Å². The molecular weight excluding hydrogens is 418 g/mol. The summed E-state index contributed by atoms with van der Waals surface area (Å²) in [5.41, 5.74) is 3.48. The van der Waals surface area contributed by atoms with Gasteiger partial charge < -0.3 is 24.2 Å². The molecular formula is C25H31N5O3. The summed E-state index contributed by atoms with van der Waals surface area (Å²) < 4.78 is 7.35. The van der Waals surface area contributed by atoms with Gasteiger partial charge in [0.15, 0.2) is 0 Å². The first-order chi connectivity index (χ1) is 15.9. The number of aliphatic hydroxyl groups excluding tert-OH is 1. The third-order valence-corrected chi connectivity index (χ3v) is 6.68. The number of rotatable bonds is 4. The van der Waals surface area contributed by atoms with E-state index >= 15 is 0 Å². The lowest BCUT2D eigenvalue weighted by molar-refractivity contribution is -0.00521. The smallest absolute Gasteiger partial charge is 0.264 e. The fourth-order valence-corrected chi connectivity index (χ4v) is 4.99. The molecule has 2 aromatic heterocycles. The quantitative estimate of drug-likeness (QED) is 0.655. The number of aliphatic hydroxyl groups is 1. The largest absolute Gasteiger partial charge is 0.396 e. The predicted octanol–water partition coefficient (Wildman–Crippen LogP) is 2.43. The molecule has 3 aromatic rings. The fourth-order valence-electron chi connectivity index (χ4n) is 4.99. The molecule has 2 aliphatic heterocycles. The van der Waals surface area contributed by atoms with E-state index in [2.05, 4.69) is 52.9 Å². The maximum Gasteiger partial charge on any atom is 0.264 e. The first-order valence-corrected chi connectivity index (χ1v) is 11.7. The average molecular weight is 450 g/mol. The second kappa shape index (κ2) is 8.76. The van der Waals surface area contributed by atoms with Crippen LogP contribution in [0.5, 0.6) is 0 Å². The van der Waals surface area contributed by atoms with Crippen LogP contribution in [-0.4, -0.2) is 64.6 Å². The van der Waals surface area contributed by atoms with Gasteiger partial charge >= 0.3 is 0 Å². The standard InChI is InChI=1S/C25H31N5O3/c1-16-11-30(12-17(2)33-16)20-6-4-19(5-7-20)21-10-22-23(25(32)28(3)15-26-22)24(27-21)29-9-8-18(13-29)14-31/h4-7,10,15-18,31H,8-9,11-14H2,1-3H3. The molecule has 0 spiro atoms. The van der Waals surface area contributed by atoms with Crippen molar-refractivity contribution in [3.05, 3.63) is 47.0 Å². The molecule has 5 rings (SSSR count). The number of aryl methyl sites for hydroxylation is 1. The molecule has 3 unspecified atom stereocenters. The highest BCUT2D eigenvalue weighted by atomic mass is 16.5. The van der Waals surface area contributed by atoms with Crippen molar-refractivity contribution < 1.29 is 9.84 Å². The number of pyridine rings is 1. The zero-order valence-corrected chi connectivity index (χ0v) is 19.4. The van der Waals surface area contributed by atoms with Crippen molar-refractivity contribution >= 4 is 22.4 Å². The highest BCUT2D eigenvalue weighted by Crippen LogP contribution is 2.31. The number of nitrogens with zero attached hydrogens (tertiary/aromatic N) is 5.